The molecule has 0 saturated heterocycles. The van der Waals surface area contributed by atoms with Gasteiger partial charge in [-0.2, -0.15) is 0 Å². The molecule has 0 aromatic heterocycles. The molecule has 2 fully saturated rings. The van der Waals surface area contributed by atoms with E-state index in [1.165, 1.54) is 36.8 Å². The molecule has 0 amide bonds. The number of carbonyl (C=O) groups is 1. The highest BCUT2D eigenvalue weighted by Crippen LogP contribution is 2.66. The van der Waals surface area contributed by atoms with E-state index in [1.54, 1.807) is 0 Å². The third-order valence-corrected chi connectivity index (χ3v) is 6.82. The lowest BCUT2D eigenvalue weighted by Crippen LogP contribution is -2.54. The Morgan fingerprint density at radius 1 is 1.39 bits per heavy atom. The van der Waals surface area contributed by atoms with Crippen molar-refractivity contribution in [3.63, 3.8) is 0 Å². The van der Waals surface area contributed by atoms with Crippen LogP contribution in [0.25, 0.3) is 0 Å². The summed E-state index contributed by atoms with van der Waals surface area (Å²) in [5, 5.41) is 0. The lowest BCUT2D eigenvalue weighted by Gasteiger charge is -2.48. The minimum absolute atomic E-state index is 0.0113. The first-order chi connectivity index (χ1) is 11.0. The first-order valence-electron chi connectivity index (χ1n) is 9.09. The van der Waals surface area contributed by atoms with Gasteiger partial charge in [0, 0.05) is 17.9 Å². The van der Waals surface area contributed by atoms with Crippen molar-refractivity contribution in [2.45, 2.75) is 70.3 Å². The first-order valence-corrected chi connectivity index (χ1v) is 9.09. The molecule has 124 valence electrons. The van der Waals surface area contributed by atoms with E-state index in [9.17, 15) is 4.79 Å². The molecule has 0 heterocycles. The second-order valence-electron chi connectivity index (χ2n) is 8.10. The fourth-order valence-electron chi connectivity index (χ4n) is 5.33. The summed E-state index contributed by atoms with van der Waals surface area (Å²) in [7, 11) is 0. The molecular formula is C20H27NO2. The third kappa shape index (κ3) is 2.16. The van der Waals surface area contributed by atoms with Crippen molar-refractivity contribution < 1.29 is 9.53 Å². The van der Waals surface area contributed by atoms with Gasteiger partial charge in [0.25, 0.3) is 0 Å². The third-order valence-electron chi connectivity index (χ3n) is 6.82. The number of esters is 1. The molecule has 23 heavy (non-hydrogen) atoms. The number of hydrogen-bond donors (Lipinski definition) is 1. The smallest absolute Gasteiger partial charge is 0.310 e. The number of nitrogens with two attached hydrogens (primary N) is 1. The van der Waals surface area contributed by atoms with E-state index >= 15 is 0 Å². The molecule has 2 saturated carbocycles. The van der Waals surface area contributed by atoms with Gasteiger partial charge in [0.15, 0.2) is 0 Å². The first kappa shape index (κ1) is 15.2. The van der Waals surface area contributed by atoms with Crippen molar-refractivity contribution in [2.24, 2.45) is 17.1 Å². The lowest BCUT2D eigenvalue weighted by atomic mass is 9.59. The van der Waals surface area contributed by atoms with Gasteiger partial charge < -0.3 is 10.5 Å². The number of ether oxygens (including phenoxy) is 1. The summed E-state index contributed by atoms with van der Waals surface area (Å²) >= 11 is 0. The Hall–Kier alpha value is -1.35. The maximum absolute atomic E-state index is 11.6. The molecule has 1 aromatic rings. The summed E-state index contributed by atoms with van der Waals surface area (Å²) in [4.78, 5) is 11.6. The minimum Gasteiger partial charge on any atom is -0.427 e. The zero-order valence-electron chi connectivity index (χ0n) is 14.2. The maximum atomic E-state index is 11.6. The van der Waals surface area contributed by atoms with Gasteiger partial charge in [0.2, 0.25) is 0 Å². The molecule has 1 aromatic carbocycles. The predicted octanol–water partition coefficient (Wildman–Crippen LogP) is 3.72. The largest absolute Gasteiger partial charge is 0.427 e. The predicted molar refractivity (Wildman–Crippen MR) is 90.4 cm³/mol. The summed E-state index contributed by atoms with van der Waals surface area (Å²) in [6, 6.07) is 6.45. The van der Waals surface area contributed by atoms with Crippen LogP contribution in [0.5, 0.6) is 5.75 Å². The normalized spacial score (nSPS) is 37.9. The van der Waals surface area contributed by atoms with Gasteiger partial charge in [-0.3, -0.25) is 4.79 Å². The second kappa shape index (κ2) is 5.07. The molecule has 2 N–H and O–H groups in total. The molecule has 3 aliphatic rings. The molecule has 4 rings (SSSR count). The Balaban J connectivity index is 1.76. The molecule has 0 aliphatic heterocycles. The van der Waals surface area contributed by atoms with Crippen LogP contribution in [0.4, 0.5) is 0 Å². The quantitative estimate of drug-likeness (QED) is 0.668. The van der Waals surface area contributed by atoms with Gasteiger partial charge >= 0.3 is 5.97 Å². The number of carbonyl (C=O) groups excluding carboxylic acids is 1. The van der Waals surface area contributed by atoms with Gasteiger partial charge in [-0.1, -0.05) is 32.8 Å². The molecule has 3 aliphatic carbocycles. The fraction of sp³-hybridized carbons (Fsp3) is 0.650. The van der Waals surface area contributed by atoms with Crippen LogP contribution in [0, 0.1) is 11.3 Å². The Morgan fingerprint density at radius 3 is 3.00 bits per heavy atom. The Labute approximate surface area is 138 Å². The highest BCUT2D eigenvalue weighted by Gasteiger charge is 2.64. The van der Waals surface area contributed by atoms with Crippen LogP contribution in [-0.4, -0.2) is 12.0 Å². The van der Waals surface area contributed by atoms with Crippen molar-refractivity contribution in [2.75, 3.05) is 0 Å². The topological polar surface area (TPSA) is 52.3 Å². The summed E-state index contributed by atoms with van der Waals surface area (Å²) in [6.45, 7) is 4.16. The molecule has 4 atom stereocenters. The van der Waals surface area contributed by atoms with E-state index in [-0.39, 0.29) is 17.4 Å². The van der Waals surface area contributed by atoms with E-state index in [1.807, 2.05) is 13.0 Å². The summed E-state index contributed by atoms with van der Waals surface area (Å²) in [6.07, 6.45) is 7.87. The van der Waals surface area contributed by atoms with Gasteiger partial charge in [-0.25, -0.2) is 0 Å². The standard InChI is InChI=1S/C20H27NO2/c1-3-17(22)23-15-8-7-13-11-20-12-14(20)6-4-5-9-19(2,18(20)21)16(13)10-15/h7-8,10,14,18H,3-6,9,11-12,21H2,1-2H3/t14-,18+,19+,20?/m0/s1. The Bertz CT molecular complexity index is 655. The van der Waals surface area contributed by atoms with Crippen molar-refractivity contribution in [3.8, 4) is 5.75 Å². The second-order valence-corrected chi connectivity index (χ2v) is 8.10. The average Bonchev–Trinajstić information content (AvgIpc) is 3.23. The van der Waals surface area contributed by atoms with Crippen LogP contribution in [-0.2, 0) is 16.6 Å². The minimum atomic E-state index is -0.174. The lowest BCUT2D eigenvalue weighted by molar-refractivity contribution is -0.134. The molecule has 3 nitrogen and oxygen atoms in total. The number of fused-ring (bicyclic) bond motifs is 3. The fourth-order valence-corrected chi connectivity index (χ4v) is 5.33. The average molecular weight is 313 g/mol. The Kier molecular flexibility index (Phi) is 3.35. The van der Waals surface area contributed by atoms with Crippen LogP contribution in [0.2, 0.25) is 0 Å². The summed E-state index contributed by atoms with van der Waals surface area (Å²) in [5.41, 5.74) is 9.95. The number of rotatable bonds is 2. The van der Waals surface area contributed by atoms with Crippen molar-refractivity contribution in [1.29, 1.82) is 0 Å². The SMILES string of the molecule is CCC(=O)Oc1ccc2c(c1)[C@@]1(C)CCCC[C@H]3CC3(C2)[C@@H]1N. The zero-order valence-corrected chi connectivity index (χ0v) is 14.2. The van der Waals surface area contributed by atoms with Gasteiger partial charge in [-0.15, -0.1) is 0 Å². The van der Waals surface area contributed by atoms with E-state index in [4.69, 9.17) is 10.5 Å². The molecular weight excluding hydrogens is 286 g/mol. The molecule has 3 heteroatoms. The van der Waals surface area contributed by atoms with Crippen LogP contribution in [0.3, 0.4) is 0 Å². The highest BCUT2D eigenvalue weighted by molar-refractivity contribution is 5.72. The van der Waals surface area contributed by atoms with Gasteiger partial charge in [0.1, 0.15) is 5.75 Å². The van der Waals surface area contributed by atoms with Crippen molar-refractivity contribution in [1.82, 2.24) is 0 Å². The molecule has 1 unspecified atom stereocenters. The summed E-state index contributed by atoms with van der Waals surface area (Å²) in [5.74, 6) is 1.32. The molecule has 1 spiro atoms. The van der Waals surface area contributed by atoms with E-state index < -0.39 is 0 Å². The Morgan fingerprint density at radius 2 is 2.22 bits per heavy atom. The van der Waals surface area contributed by atoms with E-state index in [0.29, 0.717) is 17.6 Å². The van der Waals surface area contributed by atoms with Crippen LogP contribution in [0.15, 0.2) is 18.2 Å². The molecule has 0 radical (unpaired) electrons. The van der Waals surface area contributed by atoms with Crippen LogP contribution >= 0.6 is 0 Å². The van der Waals surface area contributed by atoms with Crippen LogP contribution in [0.1, 0.15) is 63.5 Å². The molecule has 2 bridgehead atoms. The zero-order chi connectivity index (χ0) is 16.2. The van der Waals surface area contributed by atoms with Gasteiger partial charge in [0.05, 0.1) is 0 Å². The number of benzene rings is 1. The summed E-state index contributed by atoms with van der Waals surface area (Å²) < 4.78 is 5.46. The number of hydrogen-bond acceptors (Lipinski definition) is 3. The van der Waals surface area contributed by atoms with Crippen LogP contribution < -0.4 is 10.5 Å². The van der Waals surface area contributed by atoms with E-state index in [2.05, 4.69) is 19.1 Å². The van der Waals surface area contributed by atoms with Crippen molar-refractivity contribution >= 4 is 5.97 Å². The van der Waals surface area contributed by atoms with Gasteiger partial charge in [-0.05, 0) is 60.3 Å². The highest BCUT2D eigenvalue weighted by atomic mass is 16.5. The van der Waals surface area contributed by atoms with E-state index in [0.717, 1.165) is 18.8 Å². The van der Waals surface area contributed by atoms with Crippen molar-refractivity contribution in [3.05, 3.63) is 29.3 Å². The monoisotopic (exact) mass is 313 g/mol. The maximum Gasteiger partial charge on any atom is 0.310 e.